The van der Waals surface area contributed by atoms with Crippen LogP contribution in [0.5, 0.6) is 0 Å². The molecule has 1 saturated carbocycles. The molecule has 1 saturated heterocycles. The molecular formula is C18H24N4O3S2. The second-order valence-corrected chi connectivity index (χ2v) is 10.8. The van der Waals surface area contributed by atoms with Crippen LogP contribution in [0.2, 0.25) is 0 Å². The van der Waals surface area contributed by atoms with Crippen LogP contribution in [0.1, 0.15) is 58.8 Å². The molecule has 3 heterocycles. The average Bonchev–Trinajstić information content (AvgIpc) is 3.20. The van der Waals surface area contributed by atoms with E-state index in [0.29, 0.717) is 23.7 Å². The summed E-state index contributed by atoms with van der Waals surface area (Å²) < 4.78 is 27.7. The number of carbonyl (C=O) groups excluding carboxylic acids is 1. The van der Waals surface area contributed by atoms with E-state index in [9.17, 15) is 13.2 Å². The van der Waals surface area contributed by atoms with E-state index in [1.807, 2.05) is 36.1 Å². The zero-order valence-electron chi connectivity index (χ0n) is 15.8. The van der Waals surface area contributed by atoms with Gasteiger partial charge in [-0.3, -0.25) is 4.79 Å². The van der Waals surface area contributed by atoms with Crippen LogP contribution >= 0.6 is 11.8 Å². The summed E-state index contributed by atoms with van der Waals surface area (Å²) in [5.74, 6) is 2.25. The molecule has 0 radical (unpaired) electrons. The minimum absolute atomic E-state index is 0.0381. The Morgan fingerprint density at radius 2 is 2.00 bits per heavy atom. The zero-order valence-corrected chi connectivity index (χ0v) is 17.4. The zero-order chi connectivity index (χ0) is 19.3. The average molecular weight is 409 g/mol. The topological polar surface area (TPSA) is 86.8 Å². The van der Waals surface area contributed by atoms with Crippen molar-refractivity contribution >= 4 is 27.4 Å². The van der Waals surface area contributed by atoms with Gasteiger partial charge in [0.25, 0.3) is 0 Å². The first-order valence-electron chi connectivity index (χ1n) is 9.21. The van der Waals surface area contributed by atoms with Crippen molar-refractivity contribution in [2.45, 2.75) is 50.2 Å². The number of hydrogen-bond donors (Lipinski definition) is 0. The van der Waals surface area contributed by atoms with Crippen LogP contribution in [0.3, 0.4) is 0 Å². The second kappa shape index (κ2) is 6.77. The van der Waals surface area contributed by atoms with E-state index in [1.54, 1.807) is 0 Å². The first-order chi connectivity index (χ1) is 12.8. The van der Waals surface area contributed by atoms with E-state index in [4.69, 9.17) is 0 Å². The summed E-state index contributed by atoms with van der Waals surface area (Å²) in [5.41, 5.74) is 2.48. The van der Waals surface area contributed by atoms with E-state index in [-0.39, 0.29) is 23.3 Å². The number of Topliss-reactive ketones (excluding diaryl/α,β-unsaturated/α-hetero) is 1. The molecule has 1 unspecified atom stereocenters. The Hall–Kier alpha value is -1.61. The highest BCUT2D eigenvalue weighted by Gasteiger charge is 2.32. The predicted octanol–water partition coefficient (Wildman–Crippen LogP) is 2.45. The van der Waals surface area contributed by atoms with Gasteiger partial charge in [-0.25, -0.2) is 8.42 Å². The number of ketones is 1. The van der Waals surface area contributed by atoms with Gasteiger partial charge in [-0.15, -0.1) is 10.2 Å². The molecule has 1 aliphatic carbocycles. The van der Waals surface area contributed by atoms with E-state index >= 15 is 0 Å². The number of aryl methyl sites for hydroxylation is 1. The summed E-state index contributed by atoms with van der Waals surface area (Å²) >= 11 is 1.41. The second-order valence-electron chi connectivity index (χ2n) is 7.60. The van der Waals surface area contributed by atoms with Gasteiger partial charge in [0, 0.05) is 36.0 Å². The highest BCUT2D eigenvalue weighted by Crippen LogP contribution is 2.39. The summed E-state index contributed by atoms with van der Waals surface area (Å²) in [6.45, 7) is 3.84. The fourth-order valence-corrected chi connectivity index (χ4v) is 6.46. The maximum Gasteiger partial charge on any atom is 0.191 e. The van der Waals surface area contributed by atoms with Crippen molar-refractivity contribution in [1.29, 1.82) is 0 Å². The van der Waals surface area contributed by atoms with Crippen molar-refractivity contribution in [3.63, 3.8) is 0 Å². The van der Waals surface area contributed by atoms with Gasteiger partial charge in [0.2, 0.25) is 0 Å². The molecule has 4 rings (SSSR count). The van der Waals surface area contributed by atoms with Crippen molar-refractivity contribution in [2.24, 2.45) is 7.05 Å². The van der Waals surface area contributed by atoms with Crippen LogP contribution < -0.4 is 0 Å². The van der Waals surface area contributed by atoms with Crippen LogP contribution in [0.4, 0.5) is 0 Å². The molecular weight excluding hydrogens is 384 g/mol. The molecule has 1 atom stereocenters. The SMILES string of the molecule is Cc1cc(C(=O)CSc2nnc(C3CC3)n2C)c(C)n1C1CCS(=O)(=O)C1. The lowest BCUT2D eigenvalue weighted by molar-refractivity contribution is 0.102. The fourth-order valence-electron chi connectivity index (χ4n) is 3.96. The Kier molecular flexibility index (Phi) is 4.70. The highest BCUT2D eigenvalue weighted by molar-refractivity contribution is 7.99. The number of hydrogen-bond acceptors (Lipinski definition) is 6. The highest BCUT2D eigenvalue weighted by atomic mass is 32.2. The maximum absolute atomic E-state index is 12.8. The van der Waals surface area contributed by atoms with Crippen molar-refractivity contribution in [1.82, 2.24) is 19.3 Å². The third kappa shape index (κ3) is 3.59. The maximum atomic E-state index is 12.8. The molecule has 0 bridgehead atoms. The Balaban J connectivity index is 1.48. The lowest BCUT2D eigenvalue weighted by atomic mass is 10.2. The van der Waals surface area contributed by atoms with Gasteiger partial charge < -0.3 is 9.13 Å². The molecule has 0 amide bonds. The minimum Gasteiger partial charge on any atom is -0.344 e. The van der Waals surface area contributed by atoms with Crippen LogP contribution in [0, 0.1) is 13.8 Å². The van der Waals surface area contributed by atoms with E-state index in [1.165, 1.54) is 24.6 Å². The van der Waals surface area contributed by atoms with Crippen molar-refractivity contribution < 1.29 is 13.2 Å². The van der Waals surface area contributed by atoms with E-state index in [2.05, 4.69) is 10.2 Å². The smallest absolute Gasteiger partial charge is 0.191 e. The lowest BCUT2D eigenvalue weighted by Gasteiger charge is -2.16. The molecule has 0 aromatic carbocycles. The first kappa shape index (κ1) is 18.7. The summed E-state index contributed by atoms with van der Waals surface area (Å²) in [6, 6.07) is 1.82. The van der Waals surface area contributed by atoms with Gasteiger partial charge in [0.05, 0.1) is 17.3 Å². The molecule has 27 heavy (non-hydrogen) atoms. The summed E-state index contributed by atoms with van der Waals surface area (Å²) in [5, 5.41) is 9.23. The van der Waals surface area contributed by atoms with Gasteiger partial charge in [-0.2, -0.15) is 0 Å². The molecule has 2 aromatic rings. The normalized spacial score (nSPS) is 21.7. The monoisotopic (exact) mass is 408 g/mol. The number of rotatable bonds is 6. The summed E-state index contributed by atoms with van der Waals surface area (Å²) in [4.78, 5) is 12.8. The molecule has 7 nitrogen and oxygen atoms in total. The molecule has 1 aliphatic heterocycles. The molecule has 0 spiro atoms. The van der Waals surface area contributed by atoms with Gasteiger partial charge in [0.1, 0.15) is 5.82 Å². The summed E-state index contributed by atoms with van der Waals surface area (Å²) in [7, 11) is -1.02. The van der Waals surface area contributed by atoms with Crippen LogP contribution in [-0.2, 0) is 16.9 Å². The Morgan fingerprint density at radius 1 is 1.26 bits per heavy atom. The van der Waals surface area contributed by atoms with Gasteiger partial charge in [-0.05, 0) is 39.2 Å². The summed E-state index contributed by atoms with van der Waals surface area (Å²) in [6.07, 6.45) is 2.95. The standard InChI is InChI=1S/C18H24N4O3S2/c1-11-8-15(12(2)22(11)14-6-7-27(24,25)10-14)16(23)9-26-18-20-19-17(21(18)3)13-4-5-13/h8,13-14H,4-7,9-10H2,1-3H3. The third-order valence-corrected chi connectivity index (χ3v) is 8.27. The largest absolute Gasteiger partial charge is 0.344 e. The van der Waals surface area contributed by atoms with E-state index in [0.717, 1.165) is 22.4 Å². The molecule has 2 aromatic heterocycles. The van der Waals surface area contributed by atoms with Gasteiger partial charge >= 0.3 is 0 Å². The fraction of sp³-hybridized carbons (Fsp3) is 0.611. The quantitative estimate of drug-likeness (QED) is 0.539. The lowest BCUT2D eigenvalue weighted by Crippen LogP contribution is -2.14. The molecule has 146 valence electrons. The first-order valence-corrected chi connectivity index (χ1v) is 12.0. The van der Waals surface area contributed by atoms with Crippen molar-refractivity contribution in [2.75, 3.05) is 17.3 Å². The van der Waals surface area contributed by atoms with E-state index < -0.39 is 9.84 Å². The number of nitrogens with zero attached hydrogens (tertiary/aromatic N) is 4. The van der Waals surface area contributed by atoms with Gasteiger partial charge in [0.15, 0.2) is 20.8 Å². The molecule has 9 heteroatoms. The van der Waals surface area contributed by atoms with Crippen LogP contribution in [-0.4, -0.2) is 50.8 Å². The predicted molar refractivity (Wildman–Crippen MR) is 104 cm³/mol. The Labute approximate surface area is 163 Å². The number of aromatic nitrogens is 4. The number of carbonyl (C=O) groups is 1. The van der Waals surface area contributed by atoms with Crippen molar-refractivity contribution in [3.05, 3.63) is 28.8 Å². The number of thioether (sulfide) groups is 1. The molecule has 2 aliphatic rings. The third-order valence-electron chi connectivity index (χ3n) is 5.50. The van der Waals surface area contributed by atoms with Gasteiger partial charge in [-0.1, -0.05) is 11.8 Å². The Bertz CT molecular complexity index is 1000. The number of sulfone groups is 1. The van der Waals surface area contributed by atoms with Crippen molar-refractivity contribution in [3.8, 4) is 0 Å². The van der Waals surface area contributed by atoms with Crippen LogP contribution in [0.15, 0.2) is 11.2 Å². The van der Waals surface area contributed by atoms with Crippen LogP contribution in [0.25, 0.3) is 0 Å². The molecule has 2 fully saturated rings. The Morgan fingerprint density at radius 3 is 2.63 bits per heavy atom. The minimum atomic E-state index is -2.97. The molecule has 0 N–H and O–H groups in total.